The highest BCUT2D eigenvalue weighted by Gasteiger charge is 2.31. The summed E-state index contributed by atoms with van der Waals surface area (Å²) >= 11 is 1.49. The minimum Gasteiger partial charge on any atom is -0.480 e. The van der Waals surface area contributed by atoms with Crippen LogP contribution in [0.25, 0.3) is 10.9 Å². The summed E-state index contributed by atoms with van der Waals surface area (Å²) in [5.41, 5.74) is 17.7. The zero-order valence-electron chi connectivity index (χ0n) is 22.0. The fourth-order valence-corrected chi connectivity index (χ4v) is 4.38. The standard InChI is InChI=1S/C25H35N7O7S/c1-40-9-8-15(26)22(35)30-17(6-7-20(27)33)23(36)31-18(24(37)32-19(25(38)39)11-21(28)34)10-13-12-29-16-5-3-2-4-14(13)16/h2-5,12,15,17-19,29H,6-11,26H2,1H3,(H2,27,33)(H2,28,34)(H,30,35)(H,31,36)(H,32,37)(H,38,39). The third-order valence-electron chi connectivity index (χ3n) is 6.03. The van der Waals surface area contributed by atoms with Gasteiger partial charge in [-0.25, -0.2) is 4.79 Å². The van der Waals surface area contributed by atoms with Gasteiger partial charge in [-0.15, -0.1) is 0 Å². The van der Waals surface area contributed by atoms with Crippen LogP contribution in [0.1, 0.15) is 31.2 Å². The molecule has 0 aliphatic rings. The molecule has 0 fully saturated rings. The number of hydrogen-bond acceptors (Lipinski definition) is 8. The molecule has 0 radical (unpaired) electrons. The number of amides is 5. The fourth-order valence-electron chi connectivity index (χ4n) is 3.89. The molecule has 0 saturated carbocycles. The summed E-state index contributed by atoms with van der Waals surface area (Å²) in [7, 11) is 0. The minimum absolute atomic E-state index is 0.0752. The summed E-state index contributed by atoms with van der Waals surface area (Å²) in [6.07, 6.45) is 2.70. The maximum atomic E-state index is 13.3. The molecular formula is C25H35N7O7S. The van der Waals surface area contributed by atoms with Crippen molar-refractivity contribution in [1.29, 1.82) is 0 Å². The van der Waals surface area contributed by atoms with Gasteiger partial charge in [0, 0.05) is 29.9 Å². The number of nitrogens with one attached hydrogen (secondary N) is 4. The number of aromatic nitrogens is 1. The lowest BCUT2D eigenvalue weighted by Gasteiger charge is -2.25. The summed E-state index contributed by atoms with van der Waals surface area (Å²) in [4.78, 5) is 76.6. The third-order valence-corrected chi connectivity index (χ3v) is 6.68. The molecule has 40 heavy (non-hydrogen) atoms. The topological polar surface area (TPSA) is 253 Å². The summed E-state index contributed by atoms with van der Waals surface area (Å²) in [6, 6.07) is 2.08. The van der Waals surface area contributed by atoms with Gasteiger partial charge < -0.3 is 43.2 Å². The molecule has 0 saturated heterocycles. The van der Waals surface area contributed by atoms with E-state index < -0.39 is 66.1 Å². The van der Waals surface area contributed by atoms with Crippen LogP contribution in [0.15, 0.2) is 30.5 Å². The van der Waals surface area contributed by atoms with Crippen LogP contribution in [0.3, 0.4) is 0 Å². The Kier molecular flexibility index (Phi) is 12.4. The largest absolute Gasteiger partial charge is 0.480 e. The molecule has 2 aromatic rings. The molecule has 1 aromatic carbocycles. The second kappa shape index (κ2) is 15.5. The van der Waals surface area contributed by atoms with Gasteiger partial charge in [0.1, 0.15) is 18.1 Å². The van der Waals surface area contributed by atoms with Gasteiger partial charge in [-0.3, -0.25) is 24.0 Å². The average molecular weight is 578 g/mol. The molecule has 15 heteroatoms. The first-order chi connectivity index (χ1) is 18.9. The molecule has 2 rings (SSSR count). The van der Waals surface area contributed by atoms with Gasteiger partial charge in [0.05, 0.1) is 12.5 Å². The van der Waals surface area contributed by atoms with E-state index >= 15 is 0 Å². The Labute approximate surface area is 234 Å². The number of fused-ring (bicyclic) bond motifs is 1. The van der Waals surface area contributed by atoms with E-state index in [1.165, 1.54) is 11.8 Å². The molecule has 0 aliphatic carbocycles. The fraction of sp³-hybridized carbons (Fsp3) is 0.440. The summed E-state index contributed by atoms with van der Waals surface area (Å²) in [5, 5.41) is 17.5. The van der Waals surface area contributed by atoms with Crippen molar-refractivity contribution in [2.24, 2.45) is 17.2 Å². The van der Waals surface area contributed by atoms with Crippen molar-refractivity contribution >= 4 is 58.2 Å². The van der Waals surface area contributed by atoms with E-state index in [2.05, 4.69) is 20.9 Å². The molecule has 14 nitrogen and oxygen atoms in total. The summed E-state index contributed by atoms with van der Waals surface area (Å²) < 4.78 is 0. The Bertz CT molecular complexity index is 1240. The number of aromatic amines is 1. The first-order valence-corrected chi connectivity index (χ1v) is 13.8. The Balaban J connectivity index is 2.32. The van der Waals surface area contributed by atoms with Crippen LogP contribution in [0, 0.1) is 0 Å². The van der Waals surface area contributed by atoms with Crippen molar-refractivity contribution in [1.82, 2.24) is 20.9 Å². The Morgan fingerprint density at radius 3 is 2.15 bits per heavy atom. The molecule has 5 amide bonds. The van der Waals surface area contributed by atoms with Crippen molar-refractivity contribution in [3.63, 3.8) is 0 Å². The predicted octanol–water partition coefficient (Wildman–Crippen LogP) is -1.53. The zero-order valence-corrected chi connectivity index (χ0v) is 22.8. The smallest absolute Gasteiger partial charge is 0.326 e. The van der Waals surface area contributed by atoms with Crippen LogP contribution in [-0.4, -0.2) is 81.8 Å². The first-order valence-electron chi connectivity index (χ1n) is 12.4. The quantitative estimate of drug-likeness (QED) is 0.108. The molecule has 1 aromatic heterocycles. The SMILES string of the molecule is CSCCC(N)C(=O)NC(CCC(N)=O)C(=O)NC(Cc1c[nH]c2ccccc12)C(=O)NC(CC(N)=O)C(=O)O. The molecule has 0 bridgehead atoms. The monoisotopic (exact) mass is 577 g/mol. The van der Waals surface area contributed by atoms with Gasteiger partial charge in [-0.2, -0.15) is 11.8 Å². The number of thioether (sulfide) groups is 1. The molecule has 218 valence electrons. The van der Waals surface area contributed by atoms with E-state index in [1.807, 2.05) is 18.4 Å². The van der Waals surface area contributed by atoms with E-state index in [-0.39, 0.29) is 19.3 Å². The lowest BCUT2D eigenvalue weighted by Crippen LogP contribution is -2.58. The molecule has 0 aliphatic heterocycles. The number of nitrogens with two attached hydrogens (primary N) is 3. The Morgan fingerprint density at radius 2 is 1.52 bits per heavy atom. The highest BCUT2D eigenvalue weighted by molar-refractivity contribution is 7.98. The highest BCUT2D eigenvalue weighted by Crippen LogP contribution is 2.19. The zero-order chi connectivity index (χ0) is 29.8. The first kappa shape index (κ1) is 32.1. The molecule has 4 unspecified atom stereocenters. The maximum Gasteiger partial charge on any atom is 0.326 e. The number of carboxylic acids is 1. The van der Waals surface area contributed by atoms with Crippen molar-refractivity contribution in [2.45, 2.75) is 56.3 Å². The number of aliphatic carboxylic acids is 1. The van der Waals surface area contributed by atoms with Gasteiger partial charge >= 0.3 is 5.97 Å². The molecule has 1 heterocycles. The predicted molar refractivity (Wildman–Crippen MR) is 149 cm³/mol. The van der Waals surface area contributed by atoms with Crippen LogP contribution in [0.5, 0.6) is 0 Å². The van der Waals surface area contributed by atoms with Crippen molar-refractivity contribution in [2.75, 3.05) is 12.0 Å². The lowest BCUT2D eigenvalue weighted by atomic mass is 10.0. The van der Waals surface area contributed by atoms with Crippen LogP contribution >= 0.6 is 11.8 Å². The molecule has 4 atom stereocenters. The van der Waals surface area contributed by atoms with Crippen LogP contribution in [0.4, 0.5) is 0 Å². The van der Waals surface area contributed by atoms with Crippen molar-refractivity contribution in [3.05, 3.63) is 36.0 Å². The third kappa shape index (κ3) is 9.89. The number of carbonyl (C=O) groups is 6. The van der Waals surface area contributed by atoms with E-state index in [0.717, 1.165) is 10.9 Å². The number of carboxylic acid groups (broad SMARTS) is 1. The second-order valence-electron chi connectivity index (χ2n) is 9.15. The number of primary amides is 2. The molecular weight excluding hydrogens is 542 g/mol. The second-order valence-corrected chi connectivity index (χ2v) is 10.1. The number of rotatable bonds is 17. The van der Waals surface area contributed by atoms with Crippen molar-refractivity contribution < 1.29 is 33.9 Å². The van der Waals surface area contributed by atoms with Crippen molar-refractivity contribution in [3.8, 4) is 0 Å². The minimum atomic E-state index is -1.63. The summed E-state index contributed by atoms with van der Waals surface area (Å²) in [5.74, 6) is -4.87. The van der Waals surface area contributed by atoms with E-state index in [4.69, 9.17) is 17.2 Å². The molecule has 11 N–H and O–H groups in total. The van der Waals surface area contributed by atoms with Gasteiger partial charge in [-0.05, 0) is 36.5 Å². The van der Waals surface area contributed by atoms with Gasteiger partial charge in [0.15, 0.2) is 0 Å². The molecule has 0 spiro atoms. The number of para-hydroxylation sites is 1. The van der Waals surface area contributed by atoms with Crippen LogP contribution in [0.2, 0.25) is 0 Å². The Hall–Kier alpha value is -4.11. The number of benzene rings is 1. The van der Waals surface area contributed by atoms with Crippen LogP contribution < -0.4 is 33.2 Å². The van der Waals surface area contributed by atoms with E-state index in [1.54, 1.807) is 18.3 Å². The summed E-state index contributed by atoms with van der Waals surface area (Å²) in [6.45, 7) is 0. The van der Waals surface area contributed by atoms with E-state index in [9.17, 15) is 33.9 Å². The van der Waals surface area contributed by atoms with Gasteiger partial charge in [-0.1, -0.05) is 18.2 Å². The van der Waals surface area contributed by atoms with Gasteiger partial charge in [0.25, 0.3) is 0 Å². The van der Waals surface area contributed by atoms with Gasteiger partial charge in [0.2, 0.25) is 29.5 Å². The average Bonchev–Trinajstić information content (AvgIpc) is 3.30. The maximum absolute atomic E-state index is 13.3. The Morgan fingerprint density at radius 1 is 0.900 bits per heavy atom. The lowest BCUT2D eigenvalue weighted by molar-refractivity contribution is -0.143. The number of carbonyl (C=O) groups excluding carboxylic acids is 5. The number of H-pyrrole nitrogens is 1. The normalized spacial score (nSPS) is 13.9. The highest BCUT2D eigenvalue weighted by atomic mass is 32.2. The number of hydrogen-bond donors (Lipinski definition) is 8. The van der Waals surface area contributed by atoms with Crippen LogP contribution in [-0.2, 0) is 35.2 Å². The van der Waals surface area contributed by atoms with E-state index in [0.29, 0.717) is 17.7 Å².